The van der Waals surface area contributed by atoms with Gasteiger partial charge in [0, 0.05) is 0 Å². The molecule has 5 heteroatoms. The molecule has 0 saturated carbocycles. The van der Waals surface area contributed by atoms with Crippen molar-refractivity contribution in [2.45, 2.75) is 18.5 Å². The summed E-state index contributed by atoms with van der Waals surface area (Å²) < 4.78 is 27.0. The molecular formula is C16H14F2N2S. The normalized spacial score (nSPS) is 24.5. The summed E-state index contributed by atoms with van der Waals surface area (Å²) in [7, 11) is 0. The van der Waals surface area contributed by atoms with Gasteiger partial charge in [0.1, 0.15) is 11.6 Å². The van der Waals surface area contributed by atoms with Gasteiger partial charge >= 0.3 is 0 Å². The Labute approximate surface area is 127 Å². The minimum Gasteiger partial charge on any atom is -0.353 e. The zero-order chi connectivity index (χ0) is 15.0. The number of hydrogen-bond acceptors (Lipinski definition) is 1. The van der Waals surface area contributed by atoms with E-state index in [1.807, 2.05) is 19.1 Å². The molecule has 1 saturated heterocycles. The van der Waals surface area contributed by atoms with E-state index in [1.165, 1.54) is 24.3 Å². The highest BCUT2D eigenvalue weighted by atomic mass is 32.1. The predicted molar refractivity (Wildman–Crippen MR) is 81.8 cm³/mol. The molecule has 0 bridgehead atoms. The van der Waals surface area contributed by atoms with E-state index < -0.39 is 5.54 Å². The molecule has 2 N–H and O–H groups in total. The van der Waals surface area contributed by atoms with E-state index in [2.05, 4.69) is 10.6 Å². The lowest BCUT2D eigenvalue weighted by atomic mass is 9.82. The molecule has 2 aromatic rings. The van der Waals surface area contributed by atoms with Crippen molar-refractivity contribution in [3.05, 3.63) is 71.3 Å². The van der Waals surface area contributed by atoms with E-state index in [9.17, 15) is 8.78 Å². The maximum Gasteiger partial charge on any atom is 0.167 e. The van der Waals surface area contributed by atoms with Gasteiger partial charge in [-0.3, -0.25) is 0 Å². The Morgan fingerprint density at radius 1 is 1.05 bits per heavy atom. The fourth-order valence-electron chi connectivity index (χ4n) is 2.77. The quantitative estimate of drug-likeness (QED) is 0.832. The van der Waals surface area contributed by atoms with Crippen molar-refractivity contribution in [1.29, 1.82) is 0 Å². The van der Waals surface area contributed by atoms with Crippen LogP contribution in [0.25, 0.3) is 0 Å². The summed E-state index contributed by atoms with van der Waals surface area (Å²) in [6.07, 6.45) is 0. The molecule has 2 nitrogen and oxygen atoms in total. The zero-order valence-electron chi connectivity index (χ0n) is 11.4. The van der Waals surface area contributed by atoms with Gasteiger partial charge in [0.2, 0.25) is 0 Å². The Hall–Kier alpha value is -2.01. The molecule has 0 amide bonds. The predicted octanol–water partition coefficient (Wildman–Crippen LogP) is 3.40. The lowest BCUT2D eigenvalue weighted by molar-refractivity contribution is 0.376. The first-order chi connectivity index (χ1) is 9.99. The van der Waals surface area contributed by atoms with Crippen LogP contribution in [0.3, 0.4) is 0 Å². The first-order valence-corrected chi connectivity index (χ1v) is 7.00. The van der Waals surface area contributed by atoms with Crippen LogP contribution in [-0.2, 0) is 5.54 Å². The SMILES string of the molecule is C[C@@]1(c2cccc(F)c2)NC(=S)N[C@@H]1c1cccc(F)c1. The van der Waals surface area contributed by atoms with E-state index in [0.717, 1.165) is 11.1 Å². The largest absolute Gasteiger partial charge is 0.353 e. The third-order valence-electron chi connectivity index (χ3n) is 3.83. The Morgan fingerprint density at radius 2 is 1.71 bits per heavy atom. The van der Waals surface area contributed by atoms with Gasteiger partial charge in [-0.15, -0.1) is 0 Å². The van der Waals surface area contributed by atoms with Gasteiger partial charge in [-0.25, -0.2) is 8.78 Å². The van der Waals surface area contributed by atoms with Crippen molar-refractivity contribution in [3.63, 3.8) is 0 Å². The topological polar surface area (TPSA) is 24.1 Å². The molecule has 2 aromatic carbocycles. The van der Waals surface area contributed by atoms with Crippen LogP contribution in [-0.4, -0.2) is 5.11 Å². The second-order valence-electron chi connectivity index (χ2n) is 5.30. The highest BCUT2D eigenvalue weighted by molar-refractivity contribution is 7.80. The smallest absolute Gasteiger partial charge is 0.167 e. The molecule has 0 spiro atoms. The number of benzene rings is 2. The first-order valence-electron chi connectivity index (χ1n) is 6.59. The van der Waals surface area contributed by atoms with Crippen molar-refractivity contribution in [2.75, 3.05) is 0 Å². The Balaban J connectivity index is 2.08. The van der Waals surface area contributed by atoms with Crippen LogP contribution < -0.4 is 10.6 Å². The maximum atomic E-state index is 13.5. The fourth-order valence-corrected chi connectivity index (χ4v) is 3.10. The monoisotopic (exact) mass is 304 g/mol. The molecule has 1 fully saturated rings. The molecule has 1 aliphatic rings. The molecule has 108 valence electrons. The van der Waals surface area contributed by atoms with Crippen molar-refractivity contribution < 1.29 is 8.78 Å². The van der Waals surface area contributed by atoms with Gasteiger partial charge in [-0.05, 0) is 54.5 Å². The molecule has 3 rings (SSSR count). The number of halogens is 2. The summed E-state index contributed by atoms with van der Waals surface area (Å²) in [6, 6.07) is 12.4. The highest BCUT2D eigenvalue weighted by Crippen LogP contribution is 2.38. The standard InChI is InChI=1S/C16H14F2N2S/c1-16(11-5-3-7-13(18)9-11)14(19-15(21)20-16)10-4-2-6-12(17)8-10/h2-9,14H,1H3,(H2,19,20,21)/t14-,16+/m1/s1. The second kappa shape index (κ2) is 5.07. The minimum absolute atomic E-state index is 0.275. The fraction of sp³-hybridized carbons (Fsp3) is 0.188. The Kier molecular flexibility index (Phi) is 3.37. The Morgan fingerprint density at radius 3 is 2.38 bits per heavy atom. The molecule has 1 aliphatic heterocycles. The van der Waals surface area contributed by atoms with Crippen LogP contribution in [0.1, 0.15) is 24.1 Å². The van der Waals surface area contributed by atoms with Crippen LogP contribution in [0.2, 0.25) is 0 Å². The van der Waals surface area contributed by atoms with Gasteiger partial charge < -0.3 is 10.6 Å². The van der Waals surface area contributed by atoms with Crippen LogP contribution in [0.5, 0.6) is 0 Å². The van der Waals surface area contributed by atoms with Gasteiger partial charge in [-0.1, -0.05) is 24.3 Å². The summed E-state index contributed by atoms with van der Waals surface area (Å²) in [5.41, 5.74) is 0.866. The molecule has 0 unspecified atom stereocenters. The third kappa shape index (κ3) is 2.49. The third-order valence-corrected chi connectivity index (χ3v) is 4.05. The van der Waals surface area contributed by atoms with E-state index in [1.54, 1.807) is 12.1 Å². The van der Waals surface area contributed by atoms with Crippen LogP contribution >= 0.6 is 12.2 Å². The summed E-state index contributed by atoms with van der Waals surface area (Å²) in [5, 5.41) is 6.78. The van der Waals surface area contributed by atoms with E-state index in [-0.39, 0.29) is 17.7 Å². The maximum absolute atomic E-state index is 13.5. The number of thiocarbonyl (C=S) groups is 1. The number of rotatable bonds is 2. The summed E-state index contributed by atoms with van der Waals surface area (Å²) >= 11 is 5.20. The zero-order valence-corrected chi connectivity index (χ0v) is 12.2. The van der Waals surface area contributed by atoms with Crippen molar-refractivity contribution in [2.24, 2.45) is 0 Å². The van der Waals surface area contributed by atoms with E-state index >= 15 is 0 Å². The lowest BCUT2D eigenvalue weighted by Crippen LogP contribution is -2.39. The van der Waals surface area contributed by atoms with E-state index in [0.29, 0.717) is 5.11 Å². The molecule has 1 heterocycles. The lowest BCUT2D eigenvalue weighted by Gasteiger charge is -2.31. The molecule has 2 atom stereocenters. The summed E-state index contributed by atoms with van der Waals surface area (Å²) in [5.74, 6) is -0.625. The average molecular weight is 304 g/mol. The minimum atomic E-state index is -0.646. The number of hydrogen-bond donors (Lipinski definition) is 2. The second-order valence-corrected chi connectivity index (χ2v) is 5.71. The molecule has 0 radical (unpaired) electrons. The highest BCUT2D eigenvalue weighted by Gasteiger charge is 2.43. The Bertz CT molecular complexity index is 704. The van der Waals surface area contributed by atoms with Crippen LogP contribution in [0.4, 0.5) is 8.78 Å². The molecule has 0 aliphatic carbocycles. The summed E-state index contributed by atoms with van der Waals surface area (Å²) in [4.78, 5) is 0. The molecule has 21 heavy (non-hydrogen) atoms. The van der Waals surface area contributed by atoms with Gasteiger partial charge in [0.25, 0.3) is 0 Å². The first kappa shape index (κ1) is 13.9. The average Bonchev–Trinajstić information content (AvgIpc) is 2.75. The van der Waals surface area contributed by atoms with Gasteiger partial charge in [-0.2, -0.15) is 0 Å². The van der Waals surface area contributed by atoms with Gasteiger partial charge in [0.05, 0.1) is 11.6 Å². The summed E-state index contributed by atoms with van der Waals surface area (Å²) in [6.45, 7) is 1.92. The number of nitrogens with one attached hydrogen (secondary N) is 2. The van der Waals surface area contributed by atoms with Crippen LogP contribution in [0.15, 0.2) is 48.5 Å². The molecular weight excluding hydrogens is 290 g/mol. The molecule has 0 aromatic heterocycles. The van der Waals surface area contributed by atoms with Crippen molar-refractivity contribution in [3.8, 4) is 0 Å². The van der Waals surface area contributed by atoms with Crippen LogP contribution in [0, 0.1) is 11.6 Å². The van der Waals surface area contributed by atoms with Gasteiger partial charge in [0.15, 0.2) is 5.11 Å². The van der Waals surface area contributed by atoms with Crippen molar-refractivity contribution in [1.82, 2.24) is 10.6 Å². The van der Waals surface area contributed by atoms with E-state index in [4.69, 9.17) is 12.2 Å². The van der Waals surface area contributed by atoms with Crippen molar-refractivity contribution >= 4 is 17.3 Å².